The maximum atomic E-state index is 5.56. The highest BCUT2D eigenvalue weighted by atomic mass is 79.9. The molecule has 1 unspecified atom stereocenters. The zero-order chi connectivity index (χ0) is 14.8. The third-order valence-electron chi connectivity index (χ3n) is 3.12. The van der Waals surface area contributed by atoms with Gasteiger partial charge in [0, 0.05) is 5.69 Å². The summed E-state index contributed by atoms with van der Waals surface area (Å²) >= 11 is 3.31. The summed E-state index contributed by atoms with van der Waals surface area (Å²) in [6.45, 7) is 3.91. The minimum atomic E-state index is 0.0570. The molecule has 0 aliphatic rings. The molecule has 21 heavy (non-hydrogen) atoms. The molecule has 0 aliphatic carbocycles. The molecule has 3 rings (SSSR count). The van der Waals surface area contributed by atoms with E-state index in [4.69, 9.17) is 4.42 Å². The Morgan fingerprint density at radius 2 is 2.14 bits per heavy atom. The van der Waals surface area contributed by atoms with Crippen molar-refractivity contribution in [2.75, 3.05) is 5.32 Å². The fourth-order valence-electron chi connectivity index (χ4n) is 2.08. The van der Waals surface area contributed by atoms with Gasteiger partial charge in [-0.25, -0.2) is 0 Å². The number of rotatable bonds is 4. The van der Waals surface area contributed by atoms with Gasteiger partial charge < -0.3 is 9.73 Å². The average Bonchev–Trinajstić information content (AvgIpc) is 3.08. The lowest BCUT2D eigenvalue weighted by molar-refractivity contribution is 0.471. The van der Waals surface area contributed by atoms with Gasteiger partial charge in [-0.3, -0.25) is 0 Å². The number of hydrogen-bond acceptors (Lipinski definition) is 5. The maximum Gasteiger partial charge on any atom is 0.169 e. The number of aryl methyl sites for hydroxylation is 1. The summed E-state index contributed by atoms with van der Waals surface area (Å²) in [6.07, 6.45) is 0. The summed E-state index contributed by atoms with van der Waals surface area (Å²) in [5.74, 6) is 1.61. The third kappa shape index (κ3) is 2.97. The molecular weight excluding hydrogens is 334 g/mol. The number of nitrogens with one attached hydrogen (secondary N) is 1. The quantitative estimate of drug-likeness (QED) is 0.782. The van der Waals surface area contributed by atoms with E-state index in [9.17, 15) is 0 Å². The highest BCUT2D eigenvalue weighted by Gasteiger charge is 2.10. The number of hydrogen-bond donors (Lipinski definition) is 1. The van der Waals surface area contributed by atoms with E-state index < -0.39 is 0 Å². The summed E-state index contributed by atoms with van der Waals surface area (Å²) in [7, 11) is 0. The Bertz CT molecular complexity index is 751. The van der Waals surface area contributed by atoms with Crippen LogP contribution >= 0.6 is 15.9 Å². The Kier molecular flexibility index (Phi) is 3.74. The zero-order valence-corrected chi connectivity index (χ0v) is 13.2. The molecule has 108 valence electrons. The van der Waals surface area contributed by atoms with Crippen molar-refractivity contribution in [3.05, 3.63) is 52.7 Å². The van der Waals surface area contributed by atoms with Gasteiger partial charge in [0.1, 0.15) is 5.76 Å². The smallest absolute Gasteiger partial charge is 0.169 e. The molecule has 0 saturated heterocycles. The molecule has 0 spiro atoms. The lowest BCUT2D eigenvalue weighted by Gasteiger charge is -2.14. The molecule has 6 nitrogen and oxygen atoms in total. The average molecular weight is 348 g/mol. The first-order valence-corrected chi connectivity index (χ1v) is 7.30. The standard InChI is InChI=1S/C14H14BrN5O/c1-9(13-6-7-14(15)21-13)16-11-4-3-5-12(8-11)20-10(2)17-18-19-20/h3-9,16H,1-2H3. The number of anilines is 1. The van der Waals surface area contributed by atoms with E-state index >= 15 is 0 Å². The van der Waals surface area contributed by atoms with Crippen LogP contribution in [0.3, 0.4) is 0 Å². The topological polar surface area (TPSA) is 68.8 Å². The van der Waals surface area contributed by atoms with Crippen molar-refractivity contribution in [2.45, 2.75) is 19.9 Å². The lowest BCUT2D eigenvalue weighted by atomic mass is 10.2. The van der Waals surface area contributed by atoms with Crippen molar-refractivity contribution in [3.8, 4) is 5.69 Å². The first kappa shape index (κ1) is 13.8. The van der Waals surface area contributed by atoms with Crippen LogP contribution < -0.4 is 5.32 Å². The second-order valence-electron chi connectivity index (χ2n) is 4.70. The normalized spacial score (nSPS) is 12.3. The highest BCUT2D eigenvalue weighted by Crippen LogP contribution is 2.24. The van der Waals surface area contributed by atoms with E-state index in [0.717, 1.165) is 27.6 Å². The number of halogens is 1. The molecule has 0 radical (unpaired) electrons. The lowest BCUT2D eigenvalue weighted by Crippen LogP contribution is -2.06. The van der Waals surface area contributed by atoms with E-state index in [-0.39, 0.29) is 6.04 Å². The van der Waals surface area contributed by atoms with Crippen LogP contribution in [0.1, 0.15) is 24.6 Å². The minimum Gasteiger partial charge on any atom is -0.452 e. The molecule has 2 aromatic heterocycles. The fraction of sp³-hybridized carbons (Fsp3) is 0.214. The van der Waals surface area contributed by atoms with Crippen molar-refractivity contribution in [1.82, 2.24) is 20.2 Å². The number of tetrazole rings is 1. The summed E-state index contributed by atoms with van der Waals surface area (Å²) in [4.78, 5) is 0. The number of aromatic nitrogens is 4. The van der Waals surface area contributed by atoms with Gasteiger partial charge in [-0.05, 0) is 70.5 Å². The second-order valence-corrected chi connectivity index (χ2v) is 5.48. The SMILES string of the molecule is Cc1nnnn1-c1cccc(NC(C)c2ccc(Br)o2)c1. The Morgan fingerprint density at radius 1 is 1.29 bits per heavy atom. The van der Waals surface area contributed by atoms with Gasteiger partial charge in [-0.1, -0.05) is 6.07 Å². The van der Waals surface area contributed by atoms with E-state index in [1.807, 2.05) is 50.2 Å². The Labute approximate surface area is 130 Å². The van der Waals surface area contributed by atoms with Crippen molar-refractivity contribution in [2.24, 2.45) is 0 Å². The van der Waals surface area contributed by atoms with E-state index in [1.54, 1.807) is 4.68 Å². The Balaban J connectivity index is 1.82. The summed E-state index contributed by atoms with van der Waals surface area (Å²) < 4.78 is 7.98. The minimum absolute atomic E-state index is 0.0570. The van der Waals surface area contributed by atoms with Crippen LogP contribution in [-0.2, 0) is 0 Å². The molecule has 7 heteroatoms. The predicted octanol–water partition coefficient (Wildman–Crippen LogP) is 3.50. The molecular formula is C14H14BrN5O. The van der Waals surface area contributed by atoms with Crippen LogP contribution in [0.5, 0.6) is 0 Å². The highest BCUT2D eigenvalue weighted by molar-refractivity contribution is 9.10. The summed E-state index contributed by atoms with van der Waals surface area (Å²) in [5, 5.41) is 14.9. The van der Waals surface area contributed by atoms with Crippen LogP contribution in [-0.4, -0.2) is 20.2 Å². The van der Waals surface area contributed by atoms with Crippen LogP contribution in [0.15, 0.2) is 45.5 Å². The molecule has 3 aromatic rings. The van der Waals surface area contributed by atoms with Gasteiger partial charge in [0.2, 0.25) is 0 Å². The van der Waals surface area contributed by atoms with Gasteiger partial charge in [-0.15, -0.1) is 5.10 Å². The van der Waals surface area contributed by atoms with Gasteiger partial charge in [0.15, 0.2) is 10.5 Å². The first-order chi connectivity index (χ1) is 10.1. The molecule has 1 N–H and O–H groups in total. The zero-order valence-electron chi connectivity index (χ0n) is 11.6. The Hall–Kier alpha value is -2.15. The largest absolute Gasteiger partial charge is 0.452 e. The van der Waals surface area contributed by atoms with Crippen molar-refractivity contribution in [3.63, 3.8) is 0 Å². The molecule has 0 fully saturated rings. The van der Waals surface area contributed by atoms with E-state index in [2.05, 4.69) is 36.8 Å². The third-order valence-corrected chi connectivity index (χ3v) is 3.55. The monoisotopic (exact) mass is 347 g/mol. The molecule has 2 heterocycles. The van der Waals surface area contributed by atoms with Crippen LogP contribution in [0.4, 0.5) is 5.69 Å². The molecule has 0 amide bonds. The molecule has 0 bridgehead atoms. The van der Waals surface area contributed by atoms with Gasteiger partial charge in [-0.2, -0.15) is 4.68 Å². The van der Waals surface area contributed by atoms with Gasteiger partial charge >= 0.3 is 0 Å². The molecule has 0 aliphatic heterocycles. The first-order valence-electron chi connectivity index (χ1n) is 6.50. The van der Waals surface area contributed by atoms with Crippen molar-refractivity contribution >= 4 is 21.6 Å². The molecule has 1 aromatic carbocycles. The van der Waals surface area contributed by atoms with Crippen LogP contribution in [0, 0.1) is 6.92 Å². The van der Waals surface area contributed by atoms with Crippen LogP contribution in [0.25, 0.3) is 5.69 Å². The number of nitrogens with zero attached hydrogens (tertiary/aromatic N) is 4. The van der Waals surface area contributed by atoms with Gasteiger partial charge in [0.25, 0.3) is 0 Å². The Morgan fingerprint density at radius 3 is 2.81 bits per heavy atom. The van der Waals surface area contributed by atoms with Crippen molar-refractivity contribution in [1.29, 1.82) is 0 Å². The number of benzene rings is 1. The van der Waals surface area contributed by atoms with Crippen LogP contribution in [0.2, 0.25) is 0 Å². The molecule has 0 saturated carbocycles. The second kappa shape index (κ2) is 5.69. The maximum absolute atomic E-state index is 5.56. The van der Waals surface area contributed by atoms with Gasteiger partial charge in [0.05, 0.1) is 11.7 Å². The van der Waals surface area contributed by atoms with E-state index in [0.29, 0.717) is 0 Å². The summed E-state index contributed by atoms with van der Waals surface area (Å²) in [6, 6.07) is 11.8. The van der Waals surface area contributed by atoms with E-state index in [1.165, 1.54) is 0 Å². The van der Waals surface area contributed by atoms with Crippen molar-refractivity contribution < 1.29 is 4.42 Å². The summed E-state index contributed by atoms with van der Waals surface area (Å²) in [5.41, 5.74) is 1.89. The predicted molar refractivity (Wildman–Crippen MR) is 82.3 cm³/mol. The number of furan rings is 1. The molecule has 1 atom stereocenters. The fourth-order valence-corrected chi connectivity index (χ4v) is 2.40.